The summed E-state index contributed by atoms with van der Waals surface area (Å²) in [5.41, 5.74) is 1.84. The van der Waals surface area contributed by atoms with Crippen molar-refractivity contribution in [1.29, 1.82) is 5.26 Å². The van der Waals surface area contributed by atoms with Gasteiger partial charge < -0.3 is 4.74 Å². The van der Waals surface area contributed by atoms with Gasteiger partial charge in [-0.1, -0.05) is 6.07 Å². The van der Waals surface area contributed by atoms with Crippen LogP contribution in [0.3, 0.4) is 0 Å². The molecule has 0 N–H and O–H groups in total. The van der Waals surface area contributed by atoms with E-state index in [0.29, 0.717) is 16.8 Å². The summed E-state index contributed by atoms with van der Waals surface area (Å²) in [7, 11) is 0. The minimum absolute atomic E-state index is 0.0880. The number of ether oxygens (including phenoxy) is 1. The van der Waals surface area contributed by atoms with Crippen molar-refractivity contribution < 1.29 is 17.9 Å². The Morgan fingerprint density at radius 1 is 1.25 bits per heavy atom. The van der Waals surface area contributed by atoms with Gasteiger partial charge in [-0.05, 0) is 36.8 Å². The lowest BCUT2D eigenvalue weighted by atomic mass is 10.0. The van der Waals surface area contributed by atoms with Crippen molar-refractivity contribution in [2.75, 3.05) is 0 Å². The van der Waals surface area contributed by atoms with Gasteiger partial charge in [-0.15, -0.1) is 13.2 Å². The van der Waals surface area contributed by atoms with E-state index in [2.05, 4.69) is 9.72 Å². The van der Waals surface area contributed by atoms with Crippen molar-refractivity contribution in [1.82, 2.24) is 4.98 Å². The highest BCUT2D eigenvalue weighted by atomic mass is 19.4. The molecule has 0 radical (unpaired) electrons. The van der Waals surface area contributed by atoms with Crippen molar-refractivity contribution in [2.45, 2.75) is 13.3 Å². The monoisotopic (exact) mass is 278 g/mol. The summed E-state index contributed by atoms with van der Waals surface area (Å²) < 4.78 is 40.7. The van der Waals surface area contributed by atoms with E-state index in [0.717, 1.165) is 6.07 Å². The standard InChI is InChI=1S/C14H9F3N2O/c1-9-13(3-2-4-19-9)11-5-10(8-18)6-12(7-11)20-14(15,16)17/h2-7H,1H3. The number of alkyl halides is 3. The van der Waals surface area contributed by atoms with Crippen LogP contribution in [0.15, 0.2) is 36.5 Å². The molecule has 1 aromatic heterocycles. The van der Waals surface area contributed by atoms with Gasteiger partial charge in [-0.2, -0.15) is 5.26 Å². The van der Waals surface area contributed by atoms with Crippen LogP contribution >= 0.6 is 0 Å². The molecule has 3 nitrogen and oxygen atoms in total. The lowest BCUT2D eigenvalue weighted by molar-refractivity contribution is -0.274. The summed E-state index contributed by atoms with van der Waals surface area (Å²) in [4.78, 5) is 4.07. The molecular weight excluding hydrogens is 269 g/mol. The van der Waals surface area contributed by atoms with Gasteiger partial charge in [0, 0.05) is 17.5 Å². The Hall–Kier alpha value is -2.55. The van der Waals surface area contributed by atoms with Gasteiger partial charge >= 0.3 is 6.36 Å². The molecular formula is C14H9F3N2O. The SMILES string of the molecule is Cc1ncccc1-c1cc(C#N)cc(OC(F)(F)F)c1. The van der Waals surface area contributed by atoms with Gasteiger partial charge in [-0.3, -0.25) is 4.98 Å². The summed E-state index contributed by atoms with van der Waals surface area (Å²) in [6, 6.07) is 8.98. The smallest absolute Gasteiger partial charge is 0.406 e. The largest absolute Gasteiger partial charge is 0.573 e. The molecule has 0 fully saturated rings. The zero-order valence-corrected chi connectivity index (χ0v) is 10.4. The molecule has 20 heavy (non-hydrogen) atoms. The van der Waals surface area contributed by atoms with Crippen LogP contribution in [0.4, 0.5) is 13.2 Å². The molecule has 102 valence electrons. The maximum Gasteiger partial charge on any atom is 0.573 e. The van der Waals surface area contributed by atoms with Gasteiger partial charge in [-0.25, -0.2) is 0 Å². The van der Waals surface area contributed by atoms with Crippen LogP contribution in [-0.4, -0.2) is 11.3 Å². The third kappa shape index (κ3) is 3.26. The van der Waals surface area contributed by atoms with Crippen LogP contribution < -0.4 is 4.74 Å². The van der Waals surface area contributed by atoms with Crippen LogP contribution in [-0.2, 0) is 0 Å². The first-order valence-electron chi connectivity index (χ1n) is 5.62. The highest BCUT2D eigenvalue weighted by Crippen LogP contribution is 2.30. The quantitative estimate of drug-likeness (QED) is 0.838. The average Bonchev–Trinajstić information content (AvgIpc) is 2.36. The van der Waals surface area contributed by atoms with E-state index in [-0.39, 0.29) is 5.56 Å². The fourth-order valence-corrected chi connectivity index (χ4v) is 1.80. The number of hydrogen-bond acceptors (Lipinski definition) is 3. The lowest BCUT2D eigenvalue weighted by Crippen LogP contribution is -2.17. The Bertz CT molecular complexity index is 675. The number of hydrogen-bond donors (Lipinski definition) is 0. The zero-order chi connectivity index (χ0) is 14.8. The summed E-state index contributed by atoms with van der Waals surface area (Å²) in [5, 5.41) is 8.90. The van der Waals surface area contributed by atoms with Crippen LogP contribution in [0.2, 0.25) is 0 Å². The average molecular weight is 278 g/mol. The van der Waals surface area contributed by atoms with Gasteiger partial charge in [0.05, 0.1) is 11.6 Å². The molecule has 2 aromatic rings. The molecule has 1 aromatic carbocycles. The lowest BCUT2D eigenvalue weighted by Gasteiger charge is -2.11. The van der Waals surface area contributed by atoms with Crippen LogP contribution in [0.25, 0.3) is 11.1 Å². The Morgan fingerprint density at radius 3 is 2.60 bits per heavy atom. The number of rotatable bonds is 2. The van der Waals surface area contributed by atoms with Crippen LogP contribution in [0.5, 0.6) is 5.75 Å². The molecule has 2 rings (SSSR count). The number of benzene rings is 1. The van der Waals surface area contributed by atoms with Crippen LogP contribution in [0.1, 0.15) is 11.3 Å². The third-order valence-electron chi connectivity index (χ3n) is 2.59. The molecule has 0 atom stereocenters. The van der Waals surface area contributed by atoms with E-state index in [1.54, 1.807) is 25.3 Å². The molecule has 0 aliphatic heterocycles. The first-order chi connectivity index (χ1) is 9.39. The maximum absolute atomic E-state index is 12.3. The molecule has 1 heterocycles. The Balaban J connectivity index is 2.52. The number of aromatic nitrogens is 1. The summed E-state index contributed by atoms with van der Waals surface area (Å²) in [6.07, 6.45) is -3.21. The molecule has 0 aliphatic carbocycles. The second kappa shape index (κ2) is 5.21. The van der Waals surface area contributed by atoms with E-state index < -0.39 is 12.1 Å². The van der Waals surface area contributed by atoms with Crippen molar-refractivity contribution in [3.05, 3.63) is 47.8 Å². The Morgan fingerprint density at radius 2 is 2.00 bits per heavy atom. The van der Waals surface area contributed by atoms with Crippen molar-refractivity contribution in [3.8, 4) is 22.9 Å². The van der Waals surface area contributed by atoms with Gasteiger partial charge in [0.2, 0.25) is 0 Å². The van der Waals surface area contributed by atoms with Crippen molar-refractivity contribution in [3.63, 3.8) is 0 Å². The molecule has 6 heteroatoms. The summed E-state index contributed by atoms with van der Waals surface area (Å²) in [6.45, 7) is 1.73. The van der Waals surface area contributed by atoms with E-state index in [1.807, 2.05) is 6.07 Å². The van der Waals surface area contributed by atoms with Gasteiger partial charge in [0.1, 0.15) is 5.75 Å². The molecule has 0 aliphatic rings. The minimum atomic E-state index is -4.80. The first kappa shape index (κ1) is 13.9. The molecule has 0 bridgehead atoms. The maximum atomic E-state index is 12.3. The molecule has 0 saturated carbocycles. The minimum Gasteiger partial charge on any atom is -0.406 e. The predicted octanol–water partition coefficient (Wildman–Crippen LogP) is 3.83. The third-order valence-corrected chi connectivity index (χ3v) is 2.59. The molecule has 0 saturated heterocycles. The zero-order valence-electron chi connectivity index (χ0n) is 10.4. The second-order valence-electron chi connectivity index (χ2n) is 4.04. The van der Waals surface area contributed by atoms with E-state index >= 15 is 0 Å². The van der Waals surface area contributed by atoms with E-state index in [4.69, 9.17) is 5.26 Å². The number of nitrogens with zero attached hydrogens (tertiary/aromatic N) is 2. The second-order valence-corrected chi connectivity index (χ2v) is 4.04. The summed E-state index contributed by atoms with van der Waals surface area (Å²) in [5.74, 6) is -0.421. The fraction of sp³-hybridized carbons (Fsp3) is 0.143. The number of halogens is 3. The molecule has 0 amide bonds. The van der Waals surface area contributed by atoms with Crippen LogP contribution in [0, 0.1) is 18.3 Å². The first-order valence-corrected chi connectivity index (χ1v) is 5.62. The fourth-order valence-electron chi connectivity index (χ4n) is 1.80. The number of nitriles is 1. The number of aryl methyl sites for hydroxylation is 1. The van der Waals surface area contributed by atoms with E-state index in [9.17, 15) is 13.2 Å². The highest BCUT2D eigenvalue weighted by molar-refractivity contribution is 5.69. The summed E-state index contributed by atoms with van der Waals surface area (Å²) >= 11 is 0. The Labute approximate surface area is 113 Å². The van der Waals surface area contributed by atoms with Gasteiger partial charge in [0.15, 0.2) is 0 Å². The molecule has 0 unspecified atom stereocenters. The normalized spacial score (nSPS) is 10.9. The van der Waals surface area contributed by atoms with Crippen molar-refractivity contribution in [2.24, 2.45) is 0 Å². The van der Waals surface area contributed by atoms with Gasteiger partial charge in [0.25, 0.3) is 0 Å². The van der Waals surface area contributed by atoms with Crippen molar-refractivity contribution >= 4 is 0 Å². The number of pyridine rings is 1. The topological polar surface area (TPSA) is 45.9 Å². The highest BCUT2D eigenvalue weighted by Gasteiger charge is 2.31. The molecule has 0 spiro atoms. The Kier molecular flexibility index (Phi) is 3.61. The van der Waals surface area contributed by atoms with E-state index in [1.165, 1.54) is 12.1 Å². The predicted molar refractivity (Wildman–Crippen MR) is 65.8 cm³/mol.